The maximum atomic E-state index is 13.8. The second-order valence-electron chi connectivity index (χ2n) is 7.65. The number of hydrogen-bond acceptors (Lipinski definition) is 7. The molecule has 0 fully saturated rings. The first kappa shape index (κ1) is 28.2. The molecule has 9 heteroatoms. The quantitative estimate of drug-likeness (QED) is 0.145. The van der Waals surface area contributed by atoms with E-state index in [1.54, 1.807) is 24.1 Å². The Bertz CT molecular complexity index is 975. The molecule has 5 nitrogen and oxygen atoms in total. The van der Waals surface area contributed by atoms with Gasteiger partial charge in [-0.1, -0.05) is 31.9 Å². The van der Waals surface area contributed by atoms with Gasteiger partial charge in [0.1, 0.15) is 17.8 Å². The molecule has 0 aliphatic carbocycles. The van der Waals surface area contributed by atoms with Crippen LogP contribution in [-0.2, 0) is 11.3 Å². The van der Waals surface area contributed by atoms with E-state index in [9.17, 15) is 13.6 Å². The smallest absolute Gasteiger partial charge is 0.197 e. The number of likely N-dealkylation sites (N-methyl/N-ethyl adjacent to an activating group) is 1. The van der Waals surface area contributed by atoms with Crippen LogP contribution in [-0.4, -0.2) is 48.7 Å². The van der Waals surface area contributed by atoms with Crippen LogP contribution in [0.4, 0.5) is 14.5 Å². The molecule has 0 spiro atoms. The van der Waals surface area contributed by atoms with Crippen molar-refractivity contribution in [2.24, 2.45) is 0 Å². The van der Waals surface area contributed by atoms with Crippen LogP contribution < -0.4 is 9.64 Å². The van der Waals surface area contributed by atoms with Gasteiger partial charge in [-0.15, -0.1) is 11.8 Å². The molecule has 0 aromatic heterocycles. The maximum Gasteiger partial charge on any atom is 0.197 e. The molecule has 0 bridgehead atoms. The second kappa shape index (κ2) is 14.4. The van der Waals surface area contributed by atoms with Crippen molar-refractivity contribution in [1.82, 2.24) is 4.31 Å². The van der Waals surface area contributed by atoms with Crippen molar-refractivity contribution in [2.45, 2.75) is 48.6 Å². The minimum Gasteiger partial charge on any atom is -0.461 e. The van der Waals surface area contributed by atoms with E-state index in [2.05, 4.69) is 23.2 Å². The largest absolute Gasteiger partial charge is 0.461 e. The van der Waals surface area contributed by atoms with Gasteiger partial charge in [-0.25, -0.2) is 8.70 Å². The number of nitrogens with zero attached hydrogens (tertiary/aromatic N) is 2. The van der Waals surface area contributed by atoms with Gasteiger partial charge in [0.05, 0.1) is 15.5 Å². The number of allylic oxidation sites excluding steroid dienone is 1. The van der Waals surface area contributed by atoms with Crippen molar-refractivity contribution in [2.75, 3.05) is 31.9 Å². The number of carbonyl (C=O) groups is 1. The summed E-state index contributed by atoms with van der Waals surface area (Å²) in [4.78, 5) is 14.7. The predicted octanol–water partition coefficient (Wildman–Crippen LogP) is 6.06. The topological polar surface area (TPSA) is 53.0 Å². The van der Waals surface area contributed by atoms with Crippen LogP contribution >= 0.6 is 23.7 Å². The SMILES string of the molecule is CCCCC1CN(Cc2cccc(F)c2)c2cc(SC)c(O/C=C(\F)C=O)cc2SN1C.CO. The molecule has 1 N–H and O–H groups in total. The zero-order valence-electron chi connectivity index (χ0n) is 20.0. The van der Waals surface area contributed by atoms with Crippen molar-refractivity contribution in [3.8, 4) is 5.75 Å². The first-order chi connectivity index (χ1) is 16.4. The Morgan fingerprint density at radius 3 is 2.74 bits per heavy atom. The second-order valence-corrected chi connectivity index (χ2v) is 9.70. The molecule has 34 heavy (non-hydrogen) atoms. The fourth-order valence-corrected chi connectivity index (χ4v) is 5.28. The highest BCUT2D eigenvalue weighted by Crippen LogP contribution is 2.44. The third kappa shape index (κ3) is 7.73. The van der Waals surface area contributed by atoms with Gasteiger partial charge in [0.25, 0.3) is 0 Å². The fraction of sp³-hybridized carbons (Fsp3) is 0.400. The van der Waals surface area contributed by atoms with Crippen LogP contribution in [0.2, 0.25) is 0 Å². The number of anilines is 1. The molecule has 186 valence electrons. The van der Waals surface area contributed by atoms with Gasteiger partial charge in [0, 0.05) is 26.2 Å². The van der Waals surface area contributed by atoms with E-state index in [1.807, 2.05) is 24.5 Å². The third-order valence-corrected chi connectivity index (χ3v) is 7.21. The van der Waals surface area contributed by atoms with E-state index in [0.29, 0.717) is 18.3 Å². The summed E-state index contributed by atoms with van der Waals surface area (Å²) in [6.45, 7) is 3.57. The van der Waals surface area contributed by atoms with Crippen LogP contribution in [0.5, 0.6) is 5.75 Å². The fourth-order valence-electron chi connectivity index (χ4n) is 3.67. The molecular formula is C25H32F2N2O3S2. The molecule has 2 aromatic rings. The molecule has 1 atom stereocenters. The zero-order chi connectivity index (χ0) is 25.1. The van der Waals surface area contributed by atoms with Crippen molar-refractivity contribution in [3.63, 3.8) is 0 Å². The monoisotopic (exact) mass is 510 g/mol. The first-order valence-electron chi connectivity index (χ1n) is 11.0. The summed E-state index contributed by atoms with van der Waals surface area (Å²) in [6, 6.07) is 10.9. The third-order valence-electron chi connectivity index (χ3n) is 5.34. The molecule has 1 aliphatic heterocycles. The number of benzene rings is 2. The molecule has 1 heterocycles. The van der Waals surface area contributed by atoms with Crippen molar-refractivity contribution in [1.29, 1.82) is 0 Å². The van der Waals surface area contributed by atoms with Crippen molar-refractivity contribution in [3.05, 3.63) is 59.9 Å². The van der Waals surface area contributed by atoms with Crippen molar-refractivity contribution < 1.29 is 23.4 Å². The lowest BCUT2D eigenvalue weighted by Crippen LogP contribution is -2.37. The summed E-state index contributed by atoms with van der Waals surface area (Å²) >= 11 is 3.11. The number of carbonyl (C=O) groups excluding carboxylic acids is 1. The van der Waals surface area contributed by atoms with Gasteiger partial charge in [-0.05, 0) is 61.5 Å². The Morgan fingerprint density at radius 1 is 1.32 bits per heavy atom. The maximum absolute atomic E-state index is 13.8. The predicted molar refractivity (Wildman–Crippen MR) is 137 cm³/mol. The van der Waals surface area contributed by atoms with Crippen LogP contribution in [0.1, 0.15) is 31.7 Å². The normalized spacial score (nSPS) is 16.3. The number of hydrogen-bond donors (Lipinski definition) is 1. The standard InChI is InChI=1S/C24H28F2N2O2S2.CH4O/c1-4-5-9-20-14-28(13-17-7-6-8-18(25)10-17)21-11-24(31-3)22(30-16-19(26)15-29)12-23(21)32-27(20)2;1-2/h6-8,10-12,15-16,20H,4-5,9,13-14H2,1-3H3;2H,1H3/b19-16-;. The summed E-state index contributed by atoms with van der Waals surface area (Å²) in [5.41, 5.74) is 1.93. The molecule has 1 aliphatic rings. The molecule has 0 amide bonds. The van der Waals surface area contributed by atoms with Gasteiger partial charge in [0.15, 0.2) is 12.1 Å². The Labute approximate surface area is 209 Å². The summed E-state index contributed by atoms with van der Waals surface area (Å²) in [5.74, 6) is -0.722. The number of aldehydes is 1. The van der Waals surface area contributed by atoms with Crippen molar-refractivity contribution >= 4 is 35.7 Å². The van der Waals surface area contributed by atoms with E-state index < -0.39 is 5.83 Å². The first-order valence-corrected chi connectivity index (χ1v) is 13.0. The number of ether oxygens (including phenoxy) is 1. The molecule has 0 saturated heterocycles. The van der Waals surface area contributed by atoms with E-state index in [0.717, 1.165) is 60.2 Å². The van der Waals surface area contributed by atoms with E-state index >= 15 is 0 Å². The van der Waals surface area contributed by atoms with Crippen LogP contribution in [0.15, 0.2) is 58.3 Å². The highest BCUT2D eigenvalue weighted by atomic mass is 32.2. The average Bonchev–Trinajstić information content (AvgIpc) is 2.97. The number of aliphatic hydroxyl groups is 1. The number of unbranched alkanes of at least 4 members (excludes halogenated alkanes) is 1. The Hall–Kier alpha value is -2.07. The van der Waals surface area contributed by atoms with Gasteiger partial charge in [-0.3, -0.25) is 4.79 Å². The lowest BCUT2D eigenvalue weighted by atomic mass is 10.1. The number of aliphatic hydroxyl groups excluding tert-OH is 1. The summed E-state index contributed by atoms with van der Waals surface area (Å²) < 4.78 is 34.9. The van der Waals surface area contributed by atoms with E-state index in [-0.39, 0.29) is 12.1 Å². The molecule has 0 radical (unpaired) electrons. The molecule has 3 rings (SSSR count). The van der Waals surface area contributed by atoms with E-state index in [4.69, 9.17) is 9.84 Å². The average molecular weight is 511 g/mol. The van der Waals surface area contributed by atoms with Gasteiger partial charge < -0.3 is 14.7 Å². The Kier molecular flexibility index (Phi) is 11.9. The Balaban J connectivity index is 0.00000199. The van der Waals surface area contributed by atoms with Crippen LogP contribution in [0.3, 0.4) is 0 Å². The minimum absolute atomic E-state index is 0.115. The lowest BCUT2D eigenvalue weighted by Gasteiger charge is -2.30. The molecule has 0 saturated carbocycles. The summed E-state index contributed by atoms with van der Waals surface area (Å²) in [7, 11) is 3.08. The van der Waals surface area contributed by atoms with Crippen LogP contribution in [0, 0.1) is 5.82 Å². The molecular weight excluding hydrogens is 478 g/mol. The minimum atomic E-state index is -0.968. The van der Waals surface area contributed by atoms with E-state index in [1.165, 1.54) is 17.8 Å². The summed E-state index contributed by atoms with van der Waals surface area (Å²) in [6.07, 6.45) is 6.16. The number of halogens is 2. The van der Waals surface area contributed by atoms with Crippen LogP contribution in [0.25, 0.3) is 0 Å². The number of rotatable bonds is 9. The Morgan fingerprint density at radius 2 is 2.09 bits per heavy atom. The highest BCUT2D eigenvalue weighted by molar-refractivity contribution is 7.98. The number of thioether (sulfide) groups is 1. The molecule has 2 aromatic carbocycles. The zero-order valence-corrected chi connectivity index (χ0v) is 21.6. The summed E-state index contributed by atoms with van der Waals surface area (Å²) in [5, 5.41) is 7.00. The van der Waals surface area contributed by atoms with Gasteiger partial charge >= 0.3 is 0 Å². The van der Waals surface area contributed by atoms with Gasteiger partial charge in [0.2, 0.25) is 0 Å². The number of fused-ring (bicyclic) bond motifs is 1. The lowest BCUT2D eigenvalue weighted by molar-refractivity contribution is -0.106. The highest BCUT2D eigenvalue weighted by Gasteiger charge is 2.28. The van der Waals surface area contributed by atoms with Gasteiger partial charge in [-0.2, -0.15) is 4.39 Å². The molecule has 1 unspecified atom stereocenters.